The summed E-state index contributed by atoms with van der Waals surface area (Å²) in [4.78, 5) is 13.3. The predicted molar refractivity (Wildman–Crippen MR) is 104 cm³/mol. The van der Waals surface area contributed by atoms with Crippen LogP contribution in [-0.2, 0) is 24.4 Å². The van der Waals surface area contributed by atoms with Gasteiger partial charge in [-0.2, -0.15) is 13.2 Å². The molecule has 1 N–H and O–H groups in total. The van der Waals surface area contributed by atoms with Gasteiger partial charge in [-0.25, -0.2) is 0 Å². The summed E-state index contributed by atoms with van der Waals surface area (Å²) in [6.45, 7) is 0. The number of aromatic nitrogens is 3. The van der Waals surface area contributed by atoms with E-state index in [0.717, 1.165) is 40.7 Å². The van der Waals surface area contributed by atoms with Crippen molar-refractivity contribution in [1.82, 2.24) is 14.8 Å². The number of thiophene rings is 1. The fourth-order valence-electron chi connectivity index (χ4n) is 2.31. The molecule has 148 valence electrons. The van der Waals surface area contributed by atoms with E-state index < -0.39 is 17.6 Å². The molecule has 1 amide bonds. The highest BCUT2D eigenvalue weighted by molar-refractivity contribution is 7.99. The van der Waals surface area contributed by atoms with Gasteiger partial charge in [0.25, 0.3) is 0 Å². The van der Waals surface area contributed by atoms with Crippen LogP contribution in [0.3, 0.4) is 0 Å². The molecule has 3 rings (SSSR count). The average Bonchev–Trinajstić information content (AvgIpc) is 3.25. The number of carbonyl (C=O) groups excluding carboxylic acids is 1. The number of thioether (sulfide) groups is 1. The summed E-state index contributed by atoms with van der Waals surface area (Å²) in [5.41, 5.74) is -0.968. The first-order valence-electron chi connectivity index (χ1n) is 7.94. The van der Waals surface area contributed by atoms with Gasteiger partial charge in [-0.15, -0.1) is 21.5 Å². The van der Waals surface area contributed by atoms with Crippen molar-refractivity contribution in [3.05, 3.63) is 57.0 Å². The number of carbonyl (C=O) groups is 1. The molecule has 0 spiro atoms. The summed E-state index contributed by atoms with van der Waals surface area (Å²) < 4.78 is 40.2. The van der Waals surface area contributed by atoms with E-state index in [-0.39, 0.29) is 16.5 Å². The molecule has 0 bridgehead atoms. The first-order chi connectivity index (χ1) is 13.2. The molecule has 0 aliphatic carbocycles. The summed E-state index contributed by atoms with van der Waals surface area (Å²) >= 11 is 8.64. The van der Waals surface area contributed by atoms with Crippen LogP contribution >= 0.6 is 34.7 Å². The lowest BCUT2D eigenvalue weighted by molar-refractivity contribution is -0.137. The second kappa shape index (κ2) is 8.54. The summed E-state index contributed by atoms with van der Waals surface area (Å²) in [5, 5.41) is 13.1. The Labute approximate surface area is 171 Å². The van der Waals surface area contributed by atoms with Gasteiger partial charge in [0.2, 0.25) is 5.91 Å². The van der Waals surface area contributed by atoms with Gasteiger partial charge in [0.15, 0.2) is 5.16 Å². The van der Waals surface area contributed by atoms with Crippen LogP contribution < -0.4 is 5.32 Å². The summed E-state index contributed by atoms with van der Waals surface area (Å²) in [6.07, 6.45) is -3.88. The Morgan fingerprint density at radius 3 is 2.79 bits per heavy atom. The molecule has 3 aromatic rings. The SMILES string of the molecule is Cn1c(Cc2cccs2)nnc1SCC(=O)Nc1cc(C(F)(F)F)ccc1Cl. The van der Waals surface area contributed by atoms with E-state index >= 15 is 0 Å². The highest BCUT2D eigenvalue weighted by Gasteiger charge is 2.31. The summed E-state index contributed by atoms with van der Waals surface area (Å²) in [7, 11) is 1.80. The van der Waals surface area contributed by atoms with Crippen molar-refractivity contribution in [1.29, 1.82) is 0 Å². The monoisotopic (exact) mass is 446 g/mol. The van der Waals surface area contributed by atoms with Gasteiger partial charge in [-0.05, 0) is 29.6 Å². The molecule has 0 unspecified atom stereocenters. The van der Waals surface area contributed by atoms with E-state index in [2.05, 4.69) is 15.5 Å². The third-order valence-electron chi connectivity index (χ3n) is 3.74. The molecule has 0 atom stereocenters. The van der Waals surface area contributed by atoms with E-state index in [0.29, 0.717) is 11.6 Å². The molecule has 28 heavy (non-hydrogen) atoms. The van der Waals surface area contributed by atoms with Gasteiger partial charge in [-0.3, -0.25) is 4.79 Å². The smallest absolute Gasteiger partial charge is 0.324 e. The van der Waals surface area contributed by atoms with E-state index in [1.807, 2.05) is 17.5 Å². The Morgan fingerprint density at radius 1 is 1.32 bits per heavy atom. The fourth-order valence-corrected chi connectivity index (χ4v) is 3.90. The predicted octanol–water partition coefficient (Wildman–Crippen LogP) is 4.87. The number of rotatable bonds is 6. The van der Waals surface area contributed by atoms with Crippen LogP contribution in [0.25, 0.3) is 0 Å². The molecule has 2 heterocycles. The van der Waals surface area contributed by atoms with Crippen molar-refractivity contribution in [3.8, 4) is 0 Å². The number of alkyl halides is 3. The lowest BCUT2D eigenvalue weighted by Gasteiger charge is -2.11. The highest BCUT2D eigenvalue weighted by Crippen LogP contribution is 2.34. The van der Waals surface area contributed by atoms with Crippen LogP contribution in [0.15, 0.2) is 40.9 Å². The Hall–Kier alpha value is -2.04. The number of nitrogens with zero attached hydrogens (tertiary/aromatic N) is 3. The quantitative estimate of drug-likeness (QED) is 0.549. The number of benzene rings is 1. The van der Waals surface area contributed by atoms with Crippen LogP contribution in [0.4, 0.5) is 18.9 Å². The topological polar surface area (TPSA) is 59.8 Å². The van der Waals surface area contributed by atoms with Gasteiger partial charge in [0.05, 0.1) is 22.0 Å². The molecule has 11 heteroatoms. The van der Waals surface area contributed by atoms with Gasteiger partial charge in [-0.1, -0.05) is 29.4 Å². The summed E-state index contributed by atoms with van der Waals surface area (Å²) in [6, 6.07) is 6.73. The van der Waals surface area contributed by atoms with E-state index in [4.69, 9.17) is 11.6 Å². The number of nitrogens with one attached hydrogen (secondary N) is 1. The zero-order valence-corrected chi connectivity index (χ0v) is 16.8. The van der Waals surface area contributed by atoms with Crippen molar-refractivity contribution in [2.45, 2.75) is 17.8 Å². The molecular formula is C17H14ClF3N4OS2. The first kappa shape index (κ1) is 20.7. The standard InChI is InChI=1S/C17H14ClF3N4OS2/c1-25-14(8-11-3-2-6-27-11)23-24-16(25)28-9-15(26)22-13-7-10(17(19,20)21)4-5-12(13)18/h2-7H,8-9H2,1H3,(H,22,26). The number of halogens is 4. The van der Waals surface area contributed by atoms with E-state index in [1.165, 1.54) is 0 Å². The zero-order valence-electron chi connectivity index (χ0n) is 14.5. The lowest BCUT2D eigenvalue weighted by atomic mass is 10.2. The van der Waals surface area contributed by atoms with Gasteiger partial charge < -0.3 is 9.88 Å². The van der Waals surface area contributed by atoms with Crippen molar-refractivity contribution in [3.63, 3.8) is 0 Å². The Bertz CT molecular complexity index is 973. The third-order valence-corrected chi connectivity index (χ3v) is 5.96. The lowest BCUT2D eigenvalue weighted by Crippen LogP contribution is -2.16. The van der Waals surface area contributed by atoms with Crippen molar-refractivity contribution < 1.29 is 18.0 Å². The minimum Gasteiger partial charge on any atom is -0.324 e. The maximum Gasteiger partial charge on any atom is 0.416 e. The number of amides is 1. The summed E-state index contributed by atoms with van der Waals surface area (Å²) in [5.74, 6) is 0.220. The van der Waals surface area contributed by atoms with Gasteiger partial charge in [0.1, 0.15) is 5.82 Å². The molecule has 0 radical (unpaired) electrons. The molecule has 0 fully saturated rings. The fraction of sp³-hybridized carbons (Fsp3) is 0.235. The second-order valence-corrected chi connectivity index (χ2v) is 8.13. The first-order valence-corrected chi connectivity index (χ1v) is 10.2. The molecule has 5 nitrogen and oxygen atoms in total. The maximum atomic E-state index is 12.8. The number of hydrogen-bond acceptors (Lipinski definition) is 5. The molecule has 0 saturated carbocycles. The second-order valence-electron chi connectivity index (χ2n) is 5.74. The average molecular weight is 447 g/mol. The van der Waals surface area contributed by atoms with Crippen LogP contribution in [0.5, 0.6) is 0 Å². The molecule has 1 aromatic carbocycles. The highest BCUT2D eigenvalue weighted by atomic mass is 35.5. The number of anilines is 1. The minimum atomic E-state index is -4.52. The van der Waals surface area contributed by atoms with Crippen molar-refractivity contribution in [2.75, 3.05) is 11.1 Å². The Balaban J connectivity index is 1.61. The van der Waals surface area contributed by atoms with Gasteiger partial charge in [0, 0.05) is 18.3 Å². The van der Waals surface area contributed by atoms with Crippen LogP contribution in [-0.4, -0.2) is 26.4 Å². The molecule has 0 saturated heterocycles. The Kier molecular flexibility index (Phi) is 6.31. The third kappa shape index (κ3) is 5.06. The van der Waals surface area contributed by atoms with Crippen LogP contribution in [0, 0.1) is 0 Å². The van der Waals surface area contributed by atoms with Gasteiger partial charge >= 0.3 is 6.18 Å². The minimum absolute atomic E-state index is 0.0308. The molecule has 0 aliphatic rings. The largest absolute Gasteiger partial charge is 0.416 e. The normalized spacial score (nSPS) is 11.6. The number of hydrogen-bond donors (Lipinski definition) is 1. The van der Waals surface area contributed by atoms with E-state index in [1.54, 1.807) is 23.0 Å². The zero-order chi connectivity index (χ0) is 20.3. The molecular weight excluding hydrogens is 433 g/mol. The van der Waals surface area contributed by atoms with Crippen LogP contribution in [0.2, 0.25) is 5.02 Å². The molecule has 0 aliphatic heterocycles. The Morgan fingerprint density at radius 2 is 2.11 bits per heavy atom. The molecule has 2 aromatic heterocycles. The van der Waals surface area contributed by atoms with Crippen LogP contribution in [0.1, 0.15) is 16.3 Å². The van der Waals surface area contributed by atoms with Crippen molar-refractivity contribution >= 4 is 46.3 Å². The van der Waals surface area contributed by atoms with Crippen molar-refractivity contribution in [2.24, 2.45) is 7.05 Å². The van der Waals surface area contributed by atoms with E-state index in [9.17, 15) is 18.0 Å². The maximum absolute atomic E-state index is 12.8.